The van der Waals surface area contributed by atoms with Gasteiger partial charge in [0.2, 0.25) is 0 Å². The molecule has 1 heterocycles. The zero-order chi connectivity index (χ0) is 16.4. The van der Waals surface area contributed by atoms with Gasteiger partial charge in [-0.15, -0.1) is 0 Å². The molecule has 0 unspecified atom stereocenters. The summed E-state index contributed by atoms with van der Waals surface area (Å²) >= 11 is 0. The van der Waals surface area contributed by atoms with Gasteiger partial charge in [-0.1, -0.05) is 11.6 Å². The number of aryl methyl sites for hydroxylation is 2. The van der Waals surface area contributed by atoms with Crippen molar-refractivity contribution < 1.29 is 10.2 Å². The Balaban J connectivity index is 1.84. The number of phenolic OH excluding ortho intramolecular Hbond substituents is 2. The summed E-state index contributed by atoms with van der Waals surface area (Å²) in [6, 6.07) is 12.4. The Kier molecular flexibility index (Phi) is 3.85. The molecule has 1 aromatic heterocycles. The summed E-state index contributed by atoms with van der Waals surface area (Å²) in [6.07, 6.45) is 1.48. The van der Waals surface area contributed by atoms with E-state index in [0.717, 1.165) is 16.5 Å². The molecular weight excluding hydrogens is 290 g/mol. The number of pyridine rings is 1. The van der Waals surface area contributed by atoms with Gasteiger partial charge in [-0.3, -0.25) is 5.43 Å². The topological polar surface area (TPSA) is 77.7 Å². The third-order valence-electron chi connectivity index (χ3n) is 3.57. The van der Waals surface area contributed by atoms with Gasteiger partial charge in [0.25, 0.3) is 0 Å². The lowest BCUT2D eigenvalue weighted by atomic mass is 10.1. The summed E-state index contributed by atoms with van der Waals surface area (Å²) in [4.78, 5) is 4.52. The molecule has 3 N–H and O–H groups in total. The number of phenols is 2. The first-order valence-corrected chi connectivity index (χ1v) is 7.22. The first kappa shape index (κ1) is 14.8. The zero-order valence-electron chi connectivity index (χ0n) is 12.9. The van der Waals surface area contributed by atoms with Crippen LogP contribution in [0.3, 0.4) is 0 Å². The number of benzene rings is 2. The van der Waals surface area contributed by atoms with Crippen molar-refractivity contribution in [2.75, 3.05) is 5.43 Å². The van der Waals surface area contributed by atoms with E-state index in [2.05, 4.69) is 28.5 Å². The van der Waals surface area contributed by atoms with Crippen molar-refractivity contribution in [2.45, 2.75) is 13.8 Å². The van der Waals surface area contributed by atoms with E-state index in [1.165, 1.54) is 23.9 Å². The van der Waals surface area contributed by atoms with E-state index in [9.17, 15) is 10.2 Å². The van der Waals surface area contributed by atoms with Gasteiger partial charge < -0.3 is 10.2 Å². The summed E-state index contributed by atoms with van der Waals surface area (Å²) in [7, 11) is 0. The summed E-state index contributed by atoms with van der Waals surface area (Å²) in [5.41, 5.74) is 6.59. The maximum Gasteiger partial charge on any atom is 0.147 e. The lowest BCUT2D eigenvalue weighted by Gasteiger charge is -2.06. The number of fused-ring (bicyclic) bond motifs is 1. The van der Waals surface area contributed by atoms with Gasteiger partial charge in [0, 0.05) is 17.0 Å². The number of hydrogen-bond acceptors (Lipinski definition) is 5. The van der Waals surface area contributed by atoms with E-state index >= 15 is 0 Å². The number of hydrogen-bond donors (Lipinski definition) is 3. The van der Waals surface area contributed by atoms with E-state index < -0.39 is 0 Å². The Bertz CT molecular complexity index is 904. The van der Waals surface area contributed by atoms with Crippen LogP contribution in [0.5, 0.6) is 11.5 Å². The first-order valence-electron chi connectivity index (χ1n) is 7.22. The van der Waals surface area contributed by atoms with Crippen LogP contribution in [-0.4, -0.2) is 21.4 Å². The second-order valence-electron chi connectivity index (χ2n) is 5.46. The van der Waals surface area contributed by atoms with Gasteiger partial charge in [-0.05, 0) is 49.7 Å². The molecule has 0 atom stereocenters. The fourth-order valence-electron chi connectivity index (χ4n) is 2.37. The van der Waals surface area contributed by atoms with Crippen molar-refractivity contribution in [3.63, 3.8) is 0 Å². The number of aromatic hydroxyl groups is 2. The fraction of sp³-hybridized carbons (Fsp3) is 0.111. The van der Waals surface area contributed by atoms with Crippen LogP contribution in [0, 0.1) is 13.8 Å². The van der Waals surface area contributed by atoms with Gasteiger partial charge in [0.05, 0.1) is 11.7 Å². The van der Waals surface area contributed by atoms with Crippen molar-refractivity contribution in [2.24, 2.45) is 5.10 Å². The van der Waals surface area contributed by atoms with E-state index in [0.29, 0.717) is 11.4 Å². The highest BCUT2D eigenvalue weighted by atomic mass is 16.3. The van der Waals surface area contributed by atoms with Crippen LogP contribution in [-0.2, 0) is 0 Å². The fourth-order valence-corrected chi connectivity index (χ4v) is 2.37. The molecule has 2 aromatic carbocycles. The minimum Gasteiger partial charge on any atom is -0.508 e. The third kappa shape index (κ3) is 3.23. The van der Waals surface area contributed by atoms with Crippen molar-refractivity contribution in [1.29, 1.82) is 0 Å². The molecule has 5 nitrogen and oxygen atoms in total. The Morgan fingerprint density at radius 1 is 1.04 bits per heavy atom. The Hall–Kier alpha value is -3.08. The second kappa shape index (κ2) is 5.96. The van der Waals surface area contributed by atoms with Gasteiger partial charge in [-0.2, -0.15) is 5.10 Å². The van der Waals surface area contributed by atoms with E-state index in [-0.39, 0.29) is 11.5 Å². The van der Waals surface area contributed by atoms with Crippen LogP contribution < -0.4 is 5.43 Å². The summed E-state index contributed by atoms with van der Waals surface area (Å²) < 4.78 is 0. The molecule has 5 heteroatoms. The highest BCUT2D eigenvalue weighted by molar-refractivity contribution is 5.86. The van der Waals surface area contributed by atoms with Crippen LogP contribution >= 0.6 is 0 Å². The zero-order valence-corrected chi connectivity index (χ0v) is 12.9. The minimum atomic E-state index is -0.0336. The summed E-state index contributed by atoms with van der Waals surface area (Å²) in [6.45, 7) is 4.09. The van der Waals surface area contributed by atoms with Crippen LogP contribution in [0.1, 0.15) is 16.7 Å². The highest BCUT2D eigenvalue weighted by Gasteiger charge is 2.03. The van der Waals surface area contributed by atoms with Gasteiger partial charge in [0.1, 0.15) is 17.3 Å². The predicted molar refractivity (Wildman–Crippen MR) is 92.2 cm³/mol. The average Bonchev–Trinajstić information content (AvgIpc) is 2.50. The molecule has 0 saturated carbocycles. The number of anilines is 1. The van der Waals surface area contributed by atoms with Crippen LogP contribution in [0.4, 0.5) is 5.82 Å². The monoisotopic (exact) mass is 307 g/mol. The minimum absolute atomic E-state index is 0.00900. The van der Waals surface area contributed by atoms with Crippen molar-refractivity contribution in [3.8, 4) is 11.5 Å². The Morgan fingerprint density at radius 3 is 2.65 bits per heavy atom. The van der Waals surface area contributed by atoms with Crippen LogP contribution in [0.25, 0.3) is 10.9 Å². The van der Waals surface area contributed by atoms with E-state index in [1.54, 1.807) is 6.07 Å². The first-order chi connectivity index (χ1) is 11.0. The predicted octanol–water partition coefficient (Wildman–Crippen LogP) is 3.71. The van der Waals surface area contributed by atoms with Crippen LogP contribution in [0.2, 0.25) is 0 Å². The molecular formula is C18H17N3O2. The summed E-state index contributed by atoms with van der Waals surface area (Å²) in [5, 5.41) is 24.2. The molecule has 23 heavy (non-hydrogen) atoms. The largest absolute Gasteiger partial charge is 0.508 e. The molecule has 0 saturated heterocycles. The molecule has 116 valence electrons. The lowest BCUT2D eigenvalue weighted by molar-refractivity contribution is 0.450. The van der Waals surface area contributed by atoms with Crippen molar-refractivity contribution in [3.05, 3.63) is 59.2 Å². The molecule has 3 rings (SSSR count). The number of nitrogens with one attached hydrogen (secondary N) is 1. The van der Waals surface area contributed by atoms with Gasteiger partial charge >= 0.3 is 0 Å². The van der Waals surface area contributed by atoms with Gasteiger partial charge in [-0.25, -0.2) is 4.98 Å². The van der Waals surface area contributed by atoms with Crippen molar-refractivity contribution in [1.82, 2.24) is 4.98 Å². The molecule has 0 radical (unpaired) electrons. The van der Waals surface area contributed by atoms with Crippen molar-refractivity contribution >= 4 is 22.9 Å². The number of nitrogens with zero attached hydrogens (tertiary/aromatic N) is 2. The molecule has 0 aliphatic carbocycles. The normalized spacial score (nSPS) is 11.2. The smallest absolute Gasteiger partial charge is 0.147 e. The third-order valence-corrected chi connectivity index (χ3v) is 3.57. The molecule has 0 fully saturated rings. The average molecular weight is 307 g/mol. The maximum absolute atomic E-state index is 9.71. The Morgan fingerprint density at radius 2 is 1.87 bits per heavy atom. The number of hydrazone groups is 1. The lowest BCUT2D eigenvalue weighted by Crippen LogP contribution is -1.96. The molecule has 0 spiro atoms. The number of aromatic nitrogens is 1. The Labute approximate surface area is 133 Å². The molecule has 0 bridgehead atoms. The van der Waals surface area contributed by atoms with E-state index in [4.69, 9.17) is 0 Å². The highest BCUT2D eigenvalue weighted by Crippen LogP contribution is 2.22. The number of rotatable bonds is 3. The molecule has 3 aromatic rings. The molecule has 0 aliphatic heterocycles. The van der Waals surface area contributed by atoms with Crippen LogP contribution in [0.15, 0.2) is 47.6 Å². The quantitative estimate of drug-likeness (QED) is 0.509. The standard InChI is InChI=1S/C18H17N3O2/c1-11-3-6-16-15(7-11)12(2)8-18(20-16)21-19-10-13-4-5-14(22)9-17(13)23/h3-10,22-23H,1-2H3,(H,20,21)/b19-10+. The molecule has 0 aliphatic rings. The van der Waals surface area contributed by atoms with Gasteiger partial charge in [0.15, 0.2) is 0 Å². The second-order valence-corrected chi connectivity index (χ2v) is 5.46. The SMILES string of the molecule is Cc1ccc2nc(N/N=C/c3ccc(O)cc3O)cc(C)c2c1. The summed E-state index contributed by atoms with van der Waals surface area (Å²) in [5.74, 6) is 0.608. The van der Waals surface area contributed by atoms with E-state index in [1.807, 2.05) is 25.1 Å². The maximum atomic E-state index is 9.71. The molecule has 0 amide bonds.